The van der Waals surface area contributed by atoms with Gasteiger partial charge in [0, 0.05) is 6.04 Å². The highest BCUT2D eigenvalue weighted by Gasteiger charge is 2.19. The number of nitrogens with two attached hydrogens (primary N) is 1. The minimum absolute atomic E-state index is 0.102. The first-order chi connectivity index (χ1) is 10.6. The van der Waals surface area contributed by atoms with E-state index in [2.05, 4.69) is 0 Å². The summed E-state index contributed by atoms with van der Waals surface area (Å²) in [5.41, 5.74) is 6.96. The fraction of sp³-hybridized carbons (Fsp3) is 0.111. The van der Waals surface area contributed by atoms with E-state index in [9.17, 15) is 8.42 Å². The minimum Gasteiger partial charge on any atom is -0.323 e. The van der Waals surface area contributed by atoms with Gasteiger partial charge in [-0.1, -0.05) is 54.6 Å². The lowest BCUT2D eigenvalue weighted by Gasteiger charge is -2.13. The highest BCUT2D eigenvalue weighted by Crippen LogP contribution is 2.22. The molecular weight excluding hydrogens is 294 g/mol. The highest BCUT2D eigenvalue weighted by molar-refractivity contribution is 7.91. The third-order valence-electron chi connectivity index (χ3n) is 3.70. The Morgan fingerprint density at radius 3 is 2.18 bits per heavy atom. The van der Waals surface area contributed by atoms with Crippen molar-refractivity contribution in [3.05, 3.63) is 78.4 Å². The Morgan fingerprint density at radius 1 is 0.818 bits per heavy atom. The van der Waals surface area contributed by atoms with Crippen LogP contribution in [0, 0.1) is 0 Å². The number of hydrogen-bond donors (Lipinski definition) is 1. The molecule has 112 valence electrons. The maximum atomic E-state index is 12.4. The van der Waals surface area contributed by atoms with Crippen LogP contribution in [0.4, 0.5) is 0 Å². The second-order valence-electron chi connectivity index (χ2n) is 5.31. The van der Waals surface area contributed by atoms with Crippen molar-refractivity contribution in [1.29, 1.82) is 0 Å². The van der Waals surface area contributed by atoms with Gasteiger partial charge < -0.3 is 5.73 Å². The molecule has 0 radical (unpaired) electrons. The fourth-order valence-electron chi connectivity index (χ4n) is 2.50. The molecule has 0 saturated carbocycles. The molecule has 0 saturated heterocycles. The average molecular weight is 311 g/mol. The zero-order valence-electron chi connectivity index (χ0n) is 12.0. The largest absolute Gasteiger partial charge is 0.323 e. The summed E-state index contributed by atoms with van der Waals surface area (Å²) >= 11 is 0. The van der Waals surface area contributed by atoms with E-state index in [1.54, 1.807) is 30.3 Å². The van der Waals surface area contributed by atoms with Crippen LogP contribution in [-0.2, 0) is 9.84 Å². The molecular formula is C18H17NO2S. The van der Waals surface area contributed by atoms with Crippen LogP contribution in [-0.4, -0.2) is 14.2 Å². The maximum Gasteiger partial charge on any atom is 0.180 e. The summed E-state index contributed by atoms with van der Waals surface area (Å²) in [6, 6.07) is 21.7. The van der Waals surface area contributed by atoms with Gasteiger partial charge >= 0.3 is 0 Å². The van der Waals surface area contributed by atoms with Crippen LogP contribution < -0.4 is 5.73 Å². The van der Waals surface area contributed by atoms with Crippen LogP contribution in [0.1, 0.15) is 11.6 Å². The maximum absolute atomic E-state index is 12.4. The lowest BCUT2D eigenvalue weighted by molar-refractivity contribution is 0.589. The molecule has 3 rings (SSSR count). The summed E-state index contributed by atoms with van der Waals surface area (Å²) in [6.45, 7) is 0. The monoisotopic (exact) mass is 311 g/mol. The van der Waals surface area contributed by atoms with Crippen molar-refractivity contribution in [2.75, 3.05) is 5.75 Å². The van der Waals surface area contributed by atoms with Crippen molar-refractivity contribution in [2.45, 2.75) is 10.9 Å². The number of fused-ring (bicyclic) bond motifs is 1. The Kier molecular flexibility index (Phi) is 3.96. The van der Waals surface area contributed by atoms with Crippen molar-refractivity contribution >= 4 is 20.6 Å². The fourth-order valence-corrected chi connectivity index (χ4v) is 3.92. The highest BCUT2D eigenvalue weighted by atomic mass is 32.2. The van der Waals surface area contributed by atoms with Crippen LogP contribution in [0.15, 0.2) is 77.7 Å². The molecule has 3 nitrogen and oxygen atoms in total. The quantitative estimate of drug-likeness (QED) is 0.804. The van der Waals surface area contributed by atoms with Gasteiger partial charge in [-0.2, -0.15) is 0 Å². The zero-order chi connectivity index (χ0) is 15.6. The SMILES string of the molecule is NC(CS(=O)(=O)c1ccccc1)c1ccc2ccccc2c1. The number of rotatable bonds is 4. The molecule has 1 unspecified atom stereocenters. The molecule has 2 N–H and O–H groups in total. The molecule has 22 heavy (non-hydrogen) atoms. The predicted octanol–water partition coefficient (Wildman–Crippen LogP) is 3.31. The molecule has 3 aromatic rings. The lowest BCUT2D eigenvalue weighted by Crippen LogP contribution is -2.21. The first kappa shape index (κ1) is 14.8. The van der Waals surface area contributed by atoms with Gasteiger partial charge in [-0.15, -0.1) is 0 Å². The second-order valence-corrected chi connectivity index (χ2v) is 7.34. The summed E-state index contributed by atoms with van der Waals surface area (Å²) in [6.07, 6.45) is 0. The molecule has 0 aliphatic rings. The Morgan fingerprint density at radius 2 is 1.45 bits per heavy atom. The van der Waals surface area contributed by atoms with Crippen LogP contribution in [0.25, 0.3) is 10.8 Å². The topological polar surface area (TPSA) is 60.2 Å². The first-order valence-electron chi connectivity index (χ1n) is 7.08. The molecule has 0 spiro atoms. The Hall–Kier alpha value is -2.17. The van der Waals surface area contributed by atoms with E-state index in [0.29, 0.717) is 4.90 Å². The third-order valence-corrected chi connectivity index (χ3v) is 5.49. The number of hydrogen-bond acceptors (Lipinski definition) is 3. The van der Waals surface area contributed by atoms with Gasteiger partial charge in [0.25, 0.3) is 0 Å². The molecule has 3 aromatic carbocycles. The van der Waals surface area contributed by atoms with Gasteiger partial charge in [0.2, 0.25) is 0 Å². The third kappa shape index (κ3) is 3.03. The van der Waals surface area contributed by atoms with Crippen LogP contribution in [0.5, 0.6) is 0 Å². The summed E-state index contributed by atoms with van der Waals surface area (Å²) in [7, 11) is -3.39. The molecule has 0 amide bonds. The Labute approximate surface area is 130 Å². The molecule has 4 heteroatoms. The van der Waals surface area contributed by atoms with Gasteiger partial charge in [0.1, 0.15) is 0 Å². The smallest absolute Gasteiger partial charge is 0.180 e. The summed E-state index contributed by atoms with van der Waals surface area (Å²) in [5.74, 6) is -0.102. The first-order valence-corrected chi connectivity index (χ1v) is 8.73. The van der Waals surface area contributed by atoms with Gasteiger partial charge in [0.05, 0.1) is 10.6 Å². The Bertz CT molecular complexity index is 889. The van der Waals surface area contributed by atoms with Gasteiger partial charge in [-0.3, -0.25) is 0 Å². The summed E-state index contributed by atoms with van der Waals surface area (Å²) in [5, 5.41) is 2.18. The average Bonchev–Trinajstić information content (AvgIpc) is 2.55. The van der Waals surface area contributed by atoms with Crippen molar-refractivity contribution < 1.29 is 8.42 Å². The van der Waals surface area contributed by atoms with Crippen molar-refractivity contribution in [3.63, 3.8) is 0 Å². The van der Waals surface area contributed by atoms with E-state index in [1.807, 2.05) is 42.5 Å². The summed E-state index contributed by atoms with van der Waals surface area (Å²) < 4.78 is 24.8. The Balaban J connectivity index is 1.88. The van der Waals surface area contributed by atoms with Gasteiger partial charge in [-0.05, 0) is 34.5 Å². The molecule has 0 fully saturated rings. The molecule has 1 atom stereocenters. The van der Waals surface area contributed by atoms with E-state index in [4.69, 9.17) is 5.73 Å². The van der Waals surface area contributed by atoms with Crippen LogP contribution in [0.3, 0.4) is 0 Å². The van der Waals surface area contributed by atoms with E-state index in [0.717, 1.165) is 16.3 Å². The van der Waals surface area contributed by atoms with Crippen molar-refractivity contribution in [1.82, 2.24) is 0 Å². The van der Waals surface area contributed by atoms with Crippen LogP contribution in [0.2, 0.25) is 0 Å². The normalized spacial score (nSPS) is 13.1. The minimum atomic E-state index is -3.39. The standard InChI is InChI=1S/C18H17NO2S/c19-18(13-22(20,21)17-8-2-1-3-9-17)16-11-10-14-6-4-5-7-15(14)12-16/h1-12,18H,13,19H2. The summed E-state index contributed by atoms with van der Waals surface area (Å²) in [4.78, 5) is 0.311. The number of benzene rings is 3. The number of sulfone groups is 1. The molecule has 0 aliphatic heterocycles. The van der Waals surface area contributed by atoms with Crippen molar-refractivity contribution in [2.24, 2.45) is 5.73 Å². The lowest BCUT2D eigenvalue weighted by atomic mass is 10.0. The van der Waals surface area contributed by atoms with E-state index in [1.165, 1.54) is 0 Å². The van der Waals surface area contributed by atoms with Gasteiger partial charge in [-0.25, -0.2) is 8.42 Å². The predicted molar refractivity (Wildman–Crippen MR) is 89.4 cm³/mol. The molecule has 0 aromatic heterocycles. The van der Waals surface area contributed by atoms with Crippen molar-refractivity contribution in [3.8, 4) is 0 Å². The molecule has 0 heterocycles. The molecule has 0 aliphatic carbocycles. The van der Waals surface area contributed by atoms with Gasteiger partial charge in [0.15, 0.2) is 9.84 Å². The van der Waals surface area contributed by atoms with Crippen LogP contribution >= 0.6 is 0 Å². The van der Waals surface area contributed by atoms with E-state index < -0.39 is 15.9 Å². The van der Waals surface area contributed by atoms with E-state index in [-0.39, 0.29) is 5.75 Å². The second kappa shape index (κ2) is 5.91. The van der Waals surface area contributed by atoms with E-state index >= 15 is 0 Å². The zero-order valence-corrected chi connectivity index (χ0v) is 12.8. The molecule has 0 bridgehead atoms.